The van der Waals surface area contributed by atoms with E-state index >= 15 is 0 Å². The van der Waals surface area contributed by atoms with Crippen molar-refractivity contribution >= 4 is 17.6 Å². The van der Waals surface area contributed by atoms with E-state index < -0.39 is 5.97 Å². The largest absolute Gasteiger partial charge is 0.465 e. The lowest BCUT2D eigenvalue weighted by Gasteiger charge is -2.30. The molecule has 0 saturated carbocycles. The number of amides is 1. The summed E-state index contributed by atoms with van der Waals surface area (Å²) in [6.45, 7) is 3.81. The van der Waals surface area contributed by atoms with Gasteiger partial charge in [-0.25, -0.2) is 4.79 Å². The first kappa shape index (κ1) is 17.5. The zero-order valence-corrected chi connectivity index (χ0v) is 13.9. The van der Waals surface area contributed by atoms with Crippen molar-refractivity contribution in [3.05, 3.63) is 41.6 Å². The number of carbonyl (C=O) groups excluding carboxylic acids is 2. The van der Waals surface area contributed by atoms with Crippen LogP contribution in [-0.2, 0) is 9.53 Å². The number of nitrogens with one attached hydrogen (secondary N) is 1. The number of nitriles is 1. The molecular weight excluding hydrogens is 306 g/mol. The summed E-state index contributed by atoms with van der Waals surface area (Å²) in [5, 5.41) is 11.7. The van der Waals surface area contributed by atoms with Gasteiger partial charge in [-0.3, -0.25) is 4.79 Å². The third-order valence-electron chi connectivity index (χ3n) is 4.11. The van der Waals surface area contributed by atoms with E-state index in [4.69, 9.17) is 5.26 Å². The number of methoxy groups -OCH3 is 1. The van der Waals surface area contributed by atoms with Crippen LogP contribution in [0, 0.1) is 17.2 Å². The smallest absolute Gasteiger partial charge is 0.350 e. The van der Waals surface area contributed by atoms with E-state index in [1.165, 1.54) is 13.3 Å². The number of anilines is 1. The Balaban J connectivity index is 2.00. The maximum Gasteiger partial charge on any atom is 0.350 e. The molecular formula is C18H21N3O3. The number of nitrogens with zero attached hydrogens (tertiary/aromatic N) is 2. The molecule has 0 unspecified atom stereocenters. The molecule has 6 heteroatoms. The van der Waals surface area contributed by atoms with Gasteiger partial charge >= 0.3 is 5.97 Å². The monoisotopic (exact) mass is 327 g/mol. The number of rotatable bonds is 4. The van der Waals surface area contributed by atoms with Gasteiger partial charge in [0.1, 0.15) is 6.07 Å². The first-order valence-electron chi connectivity index (χ1n) is 7.89. The fraction of sp³-hybridized carbons (Fsp3) is 0.389. The van der Waals surface area contributed by atoms with Crippen molar-refractivity contribution in [1.29, 1.82) is 5.26 Å². The van der Waals surface area contributed by atoms with Gasteiger partial charge < -0.3 is 15.0 Å². The Hall–Kier alpha value is -2.81. The number of esters is 1. The summed E-state index contributed by atoms with van der Waals surface area (Å²) < 4.78 is 4.50. The van der Waals surface area contributed by atoms with Crippen LogP contribution < -0.4 is 5.32 Å². The Labute approximate surface area is 141 Å². The van der Waals surface area contributed by atoms with Gasteiger partial charge in [0.15, 0.2) is 5.57 Å². The van der Waals surface area contributed by atoms with Crippen LogP contribution in [0.25, 0.3) is 0 Å². The summed E-state index contributed by atoms with van der Waals surface area (Å²) in [7, 11) is 1.22. The number of hydrogen-bond acceptors (Lipinski definition) is 5. The summed E-state index contributed by atoms with van der Waals surface area (Å²) in [5.74, 6) is 0.0175. The van der Waals surface area contributed by atoms with Crippen LogP contribution in [0.2, 0.25) is 0 Å². The van der Waals surface area contributed by atoms with Crippen molar-refractivity contribution in [3.63, 3.8) is 0 Å². The first-order valence-corrected chi connectivity index (χ1v) is 7.89. The Morgan fingerprint density at radius 2 is 1.92 bits per heavy atom. The van der Waals surface area contributed by atoms with Crippen LogP contribution in [0.5, 0.6) is 0 Å². The molecule has 1 aromatic rings. The first-order chi connectivity index (χ1) is 11.5. The van der Waals surface area contributed by atoms with Crippen molar-refractivity contribution in [2.75, 3.05) is 25.5 Å². The molecule has 1 heterocycles. The van der Waals surface area contributed by atoms with E-state index in [2.05, 4.69) is 17.0 Å². The molecule has 6 nitrogen and oxygen atoms in total. The van der Waals surface area contributed by atoms with Crippen LogP contribution in [0.15, 0.2) is 36.0 Å². The molecule has 1 aliphatic rings. The van der Waals surface area contributed by atoms with Gasteiger partial charge in [-0.2, -0.15) is 5.26 Å². The molecule has 126 valence electrons. The fourth-order valence-corrected chi connectivity index (χ4v) is 2.51. The molecule has 1 aromatic carbocycles. The second kappa shape index (κ2) is 8.16. The third kappa shape index (κ3) is 4.35. The summed E-state index contributed by atoms with van der Waals surface area (Å²) in [5.41, 5.74) is 1.18. The second-order valence-electron chi connectivity index (χ2n) is 5.86. The van der Waals surface area contributed by atoms with Crippen LogP contribution in [0.4, 0.5) is 5.69 Å². The van der Waals surface area contributed by atoms with Crippen LogP contribution >= 0.6 is 0 Å². The van der Waals surface area contributed by atoms with Gasteiger partial charge in [0.2, 0.25) is 0 Å². The van der Waals surface area contributed by atoms with Gasteiger partial charge in [0, 0.05) is 30.5 Å². The molecule has 0 spiro atoms. The lowest BCUT2D eigenvalue weighted by atomic mass is 9.98. The number of hydrogen-bond donors (Lipinski definition) is 1. The highest BCUT2D eigenvalue weighted by molar-refractivity contribution is 5.95. The lowest BCUT2D eigenvalue weighted by Crippen LogP contribution is -2.37. The van der Waals surface area contributed by atoms with E-state index in [9.17, 15) is 9.59 Å². The second-order valence-corrected chi connectivity index (χ2v) is 5.86. The van der Waals surface area contributed by atoms with Crippen molar-refractivity contribution < 1.29 is 14.3 Å². The highest BCUT2D eigenvalue weighted by atomic mass is 16.5. The van der Waals surface area contributed by atoms with Gasteiger partial charge in [0.05, 0.1) is 7.11 Å². The van der Waals surface area contributed by atoms with E-state index in [0.29, 0.717) is 17.2 Å². The minimum atomic E-state index is -0.698. The molecule has 0 aliphatic carbocycles. The SMILES string of the molecule is COC(=O)/C(C#N)=C\Nc1ccc(C(=O)N2CCC(C)CC2)cc1. The standard InChI is InChI=1S/C18H21N3O3/c1-13-7-9-21(10-8-13)17(22)14-3-5-16(6-4-14)20-12-15(11-19)18(23)24-2/h3-6,12-13,20H,7-10H2,1-2H3/b15-12-. The van der Waals surface area contributed by atoms with E-state index in [1.54, 1.807) is 30.3 Å². The van der Waals surface area contributed by atoms with Gasteiger partial charge in [0.25, 0.3) is 5.91 Å². The van der Waals surface area contributed by atoms with Crippen LogP contribution in [-0.4, -0.2) is 37.0 Å². The van der Waals surface area contributed by atoms with Crippen molar-refractivity contribution in [3.8, 4) is 6.07 Å². The molecule has 1 saturated heterocycles. The molecule has 0 bridgehead atoms. The Kier molecular flexibility index (Phi) is 5.96. The lowest BCUT2D eigenvalue weighted by molar-refractivity contribution is -0.135. The molecule has 1 amide bonds. The average molecular weight is 327 g/mol. The summed E-state index contributed by atoms with van der Waals surface area (Å²) in [6, 6.07) is 8.71. The third-order valence-corrected chi connectivity index (χ3v) is 4.11. The Bertz CT molecular complexity index is 666. The van der Waals surface area contributed by atoms with E-state index in [1.807, 2.05) is 4.90 Å². The maximum atomic E-state index is 12.4. The van der Waals surface area contributed by atoms with Gasteiger partial charge in [-0.1, -0.05) is 6.92 Å². The zero-order valence-electron chi connectivity index (χ0n) is 13.9. The highest BCUT2D eigenvalue weighted by Crippen LogP contribution is 2.19. The number of ether oxygens (including phenoxy) is 1. The van der Waals surface area contributed by atoms with Crippen LogP contribution in [0.3, 0.4) is 0 Å². The van der Waals surface area contributed by atoms with Crippen molar-refractivity contribution in [2.45, 2.75) is 19.8 Å². The number of benzene rings is 1. The van der Waals surface area contributed by atoms with Gasteiger partial charge in [-0.15, -0.1) is 0 Å². The Morgan fingerprint density at radius 1 is 1.29 bits per heavy atom. The minimum Gasteiger partial charge on any atom is -0.465 e. The van der Waals surface area contributed by atoms with Crippen molar-refractivity contribution in [1.82, 2.24) is 4.90 Å². The summed E-state index contributed by atoms with van der Waals surface area (Å²) in [4.78, 5) is 25.6. The highest BCUT2D eigenvalue weighted by Gasteiger charge is 2.21. The zero-order chi connectivity index (χ0) is 17.5. The average Bonchev–Trinajstić information content (AvgIpc) is 2.62. The quantitative estimate of drug-likeness (QED) is 0.522. The maximum absolute atomic E-state index is 12.4. The molecule has 1 aliphatic heterocycles. The van der Waals surface area contributed by atoms with E-state index in [0.717, 1.165) is 25.9 Å². The fourth-order valence-electron chi connectivity index (χ4n) is 2.51. The van der Waals surface area contributed by atoms with E-state index in [-0.39, 0.29) is 11.5 Å². The number of carbonyl (C=O) groups is 2. The van der Waals surface area contributed by atoms with Crippen LogP contribution in [0.1, 0.15) is 30.1 Å². The molecule has 0 radical (unpaired) electrons. The normalized spacial score (nSPS) is 15.5. The molecule has 24 heavy (non-hydrogen) atoms. The summed E-state index contributed by atoms with van der Waals surface area (Å²) in [6.07, 6.45) is 3.37. The molecule has 1 N–H and O–H groups in total. The number of piperidine rings is 1. The minimum absolute atomic E-state index is 0.0382. The number of likely N-dealkylation sites (tertiary alicyclic amines) is 1. The molecule has 0 atom stereocenters. The summed E-state index contributed by atoms with van der Waals surface area (Å²) >= 11 is 0. The predicted octanol–water partition coefficient (Wildman–Crippen LogP) is 2.55. The van der Waals surface area contributed by atoms with Gasteiger partial charge in [-0.05, 0) is 43.0 Å². The Morgan fingerprint density at radius 3 is 2.46 bits per heavy atom. The predicted molar refractivity (Wildman–Crippen MR) is 90.1 cm³/mol. The van der Waals surface area contributed by atoms with Crippen molar-refractivity contribution in [2.24, 2.45) is 5.92 Å². The molecule has 0 aromatic heterocycles. The molecule has 1 fully saturated rings. The molecule has 2 rings (SSSR count). The topological polar surface area (TPSA) is 82.4 Å².